The molecule has 2 atom stereocenters. The number of nitrogens with zero attached hydrogens (tertiary/aromatic N) is 2. The fourth-order valence-electron chi connectivity index (χ4n) is 3.29. The molecule has 0 aromatic heterocycles. The SMILES string of the molecule is CC(c1ccccc1)N1CC(CN)N(C)CC1(C)C. The Morgan fingerprint density at radius 2 is 1.95 bits per heavy atom. The van der Waals surface area contributed by atoms with Crippen LogP contribution in [0.15, 0.2) is 30.3 Å². The van der Waals surface area contributed by atoms with Crippen LogP contribution in [0.25, 0.3) is 0 Å². The summed E-state index contributed by atoms with van der Waals surface area (Å²) in [6.07, 6.45) is 0. The average Bonchev–Trinajstić information content (AvgIpc) is 2.38. The Labute approximate surface area is 117 Å². The first kappa shape index (κ1) is 14.5. The van der Waals surface area contributed by atoms with E-state index in [2.05, 4.69) is 68.0 Å². The van der Waals surface area contributed by atoms with Gasteiger partial charge < -0.3 is 5.73 Å². The van der Waals surface area contributed by atoms with Crippen molar-refractivity contribution in [2.75, 3.05) is 26.7 Å². The summed E-state index contributed by atoms with van der Waals surface area (Å²) < 4.78 is 0. The van der Waals surface area contributed by atoms with Gasteiger partial charge >= 0.3 is 0 Å². The quantitative estimate of drug-likeness (QED) is 0.904. The van der Waals surface area contributed by atoms with Crippen LogP contribution in [0, 0.1) is 0 Å². The lowest BCUT2D eigenvalue weighted by Gasteiger charge is -2.52. The van der Waals surface area contributed by atoms with Crippen molar-refractivity contribution >= 4 is 0 Å². The minimum Gasteiger partial charge on any atom is -0.329 e. The van der Waals surface area contributed by atoms with Crippen molar-refractivity contribution in [3.63, 3.8) is 0 Å². The summed E-state index contributed by atoms with van der Waals surface area (Å²) in [6.45, 7) is 9.79. The number of nitrogens with two attached hydrogens (primary N) is 1. The van der Waals surface area contributed by atoms with Gasteiger partial charge in [-0.05, 0) is 33.4 Å². The third kappa shape index (κ3) is 2.99. The molecule has 1 aliphatic rings. The molecule has 3 nitrogen and oxygen atoms in total. The molecule has 3 heteroatoms. The highest BCUT2D eigenvalue weighted by Gasteiger charge is 2.39. The zero-order valence-electron chi connectivity index (χ0n) is 12.6. The largest absolute Gasteiger partial charge is 0.329 e. The van der Waals surface area contributed by atoms with Crippen LogP contribution in [0.3, 0.4) is 0 Å². The second-order valence-electron chi connectivity index (χ2n) is 6.36. The molecule has 1 aromatic carbocycles. The molecule has 1 saturated heterocycles. The maximum absolute atomic E-state index is 5.91. The van der Waals surface area contributed by atoms with Crippen molar-refractivity contribution in [2.24, 2.45) is 5.73 Å². The van der Waals surface area contributed by atoms with Gasteiger partial charge in [-0.1, -0.05) is 30.3 Å². The maximum atomic E-state index is 5.91. The second-order valence-corrected chi connectivity index (χ2v) is 6.36. The van der Waals surface area contributed by atoms with Crippen LogP contribution in [-0.2, 0) is 0 Å². The average molecular weight is 261 g/mol. The van der Waals surface area contributed by atoms with Crippen molar-refractivity contribution in [1.29, 1.82) is 0 Å². The summed E-state index contributed by atoms with van der Waals surface area (Å²) in [5.41, 5.74) is 7.48. The molecular weight excluding hydrogens is 234 g/mol. The lowest BCUT2D eigenvalue weighted by molar-refractivity contribution is -0.0269. The van der Waals surface area contributed by atoms with Crippen molar-refractivity contribution in [3.8, 4) is 0 Å². The Morgan fingerprint density at radius 1 is 1.32 bits per heavy atom. The highest BCUT2D eigenvalue weighted by Crippen LogP contribution is 2.32. The van der Waals surface area contributed by atoms with Crippen LogP contribution in [0.2, 0.25) is 0 Å². The van der Waals surface area contributed by atoms with Crippen LogP contribution >= 0.6 is 0 Å². The van der Waals surface area contributed by atoms with E-state index < -0.39 is 0 Å². The number of hydrogen-bond donors (Lipinski definition) is 1. The van der Waals surface area contributed by atoms with E-state index in [0.717, 1.165) is 19.6 Å². The summed E-state index contributed by atoms with van der Waals surface area (Å²) in [7, 11) is 2.18. The number of likely N-dealkylation sites (N-methyl/N-ethyl adjacent to an activating group) is 1. The van der Waals surface area contributed by atoms with Gasteiger partial charge in [0, 0.05) is 37.3 Å². The van der Waals surface area contributed by atoms with E-state index in [-0.39, 0.29) is 5.54 Å². The molecular formula is C16H27N3. The summed E-state index contributed by atoms with van der Waals surface area (Å²) in [4.78, 5) is 4.99. The van der Waals surface area contributed by atoms with Crippen molar-refractivity contribution in [3.05, 3.63) is 35.9 Å². The van der Waals surface area contributed by atoms with E-state index in [9.17, 15) is 0 Å². The summed E-state index contributed by atoms with van der Waals surface area (Å²) >= 11 is 0. The number of benzene rings is 1. The molecule has 2 rings (SSSR count). The topological polar surface area (TPSA) is 32.5 Å². The van der Waals surface area contributed by atoms with Crippen LogP contribution in [0.1, 0.15) is 32.4 Å². The van der Waals surface area contributed by atoms with E-state index in [4.69, 9.17) is 5.73 Å². The second kappa shape index (κ2) is 5.61. The molecule has 106 valence electrons. The Hall–Kier alpha value is -0.900. The molecule has 0 amide bonds. The third-order valence-corrected chi connectivity index (χ3v) is 4.47. The van der Waals surface area contributed by atoms with Gasteiger partial charge in [0.2, 0.25) is 0 Å². The molecule has 0 bridgehead atoms. The van der Waals surface area contributed by atoms with Crippen LogP contribution < -0.4 is 5.73 Å². The highest BCUT2D eigenvalue weighted by molar-refractivity contribution is 5.19. The van der Waals surface area contributed by atoms with Crippen LogP contribution in [0.4, 0.5) is 0 Å². The zero-order chi connectivity index (χ0) is 14.0. The standard InChI is InChI=1S/C16H27N3/c1-13(14-8-6-5-7-9-14)19-11-15(10-17)18(4)12-16(19,2)3/h5-9,13,15H,10-12,17H2,1-4H3. The fourth-order valence-corrected chi connectivity index (χ4v) is 3.29. The molecule has 1 heterocycles. The monoisotopic (exact) mass is 261 g/mol. The lowest BCUT2D eigenvalue weighted by atomic mass is 9.92. The minimum absolute atomic E-state index is 0.176. The van der Waals surface area contributed by atoms with Gasteiger partial charge in [0.1, 0.15) is 0 Å². The molecule has 1 aliphatic heterocycles. The predicted octanol–water partition coefficient (Wildman–Crippen LogP) is 2.10. The maximum Gasteiger partial charge on any atom is 0.0343 e. The van der Waals surface area contributed by atoms with Gasteiger partial charge in [0.25, 0.3) is 0 Å². The smallest absolute Gasteiger partial charge is 0.0343 e. The number of piperazine rings is 1. The third-order valence-electron chi connectivity index (χ3n) is 4.47. The van der Waals surface area contributed by atoms with Gasteiger partial charge in [-0.3, -0.25) is 9.80 Å². The zero-order valence-corrected chi connectivity index (χ0v) is 12.6. The van der Waals surface area contributed by atoms with Gasteiger partial charge in [0.05, 0.1) is 0 Å². The Bertz CT molecular complexity index is 402. The first-order chi connectivity index (χ1) is 8.95. The number of rotatable bonds is 3. The van der Waals surface area contributed by atoms with Gasteiger partial charge in [-0.25, -0.2) is 0 Å². The fraction of sp³-hybridized carbons (Fsp3) is 0.625. The molecule has 0 aliphatic carbocycles. The first-order valence-corrected chi connectivity index (χ1v) is 7.17. The van der Waals surface area contributed by atoms with Crippen molar-refractivity contribution in [2.45, 2.75) is 38.4 Å². The molecule has 0 radical (unpaired) electrons. The molecule has 1 aromatic rings. The lowest BCUT2D eigenvalue weighted by Crippen LogP contribution is -2.64. The van der Waals surface area contributed by atoms with Gasteiger partial charge in [-0.15, -0.1) is 0 Å². The predicted molar refractivity (Wildman–Crippen MR) is 81.1 cm³/mol. The summed E-state index contributed by atoms with van der Waals surface area (Å²) in [5.74, 6) is 0. The van der Waals surface area contributed by atoms with E-state index in [1.165, 1.54) is 5.56 Å². The van der Waals surface area contributed by atoms with Gasteiger partial charge in [-0.2, -0.15) is 0 Å². The molecule has 2 N–H and O–H groups in total. The van der Waals surface area contributed by atoms with Crippen molar-refractivity contribution in [1.82, 2.24) is 9.80 Å². The molecule has 1 fully saturated rings. The normalized spacial score (nSPS) is 26.3. The number of hydrogen-bond acceptors (Lipinski definition) is 3. The first-order valence-electron chi connectivity index (χ1n) is 7.17. The summed E-state index contributed by atoms with van der Waals surface area (Å²) in [6, 6.07) is 11.6. The molecule has 19 heavy (non-hydrogen) atoms. The summed E-state index contributed by atoms with van der Waals surface area (Å²) in [5, 5.41) is 0. The van der Waals surface area contributed by atoms with E-state index >= 15 is 0 Å². The van der Waals surface area contributed by atoms with Crippen LogP contribution in [0.5, 0.6) is 0 Å². The Kier molecular flexibility index (Phi) is 4.29. The highest BCUT2D eigenvalue weighted by atomic mass is 15.3. The molecule has 0 spiro atoms. The molecule has 2 unspecified atom stereocenters. The minimum atomic E-state index is 0.176. The van der Waals surface area contributed by atoms with E-state index in [1.54, 1.807) is 0 Å². The van der Waals surface area contributed by atoms with Gasteiger partial charge in [0.15, 0.2) is 0 Å². The van der Waals surface area contributed by atoms with Crippen LogP contribution in [-0.4, -0.2) is 48.1 Å². The molecule has 0 saturated carbocycles. The van der Waals surface area contributed by atoms with Crippen molar-refractivity contribution < 1.29 is 0 Å². The van der Waals surface area contributed by atoms with E-state index in [0.29, 0.717) is 12.1 Å². The Balaban J connectivity index is 2.21. The van der Waals surface area contributed by atoms with E-state index in [1.807, 2.05) is 0 Å². The Morgan fingerprint density at radius 3 is 2.53 bits per heavy atom.